The summed E-state index contributed by atoms with van der Waals surface area (Å²) in [5.41, 5.74) is 3.28. The lowest BCUT2D eigenvalue weighted by atomic mass is 10.1. The first-order valence-electron chi connectivity index (χ1n) is 3.74. The van der Waals surface area contributed by atoms with E-state index in [9.17, 15) is 4.79 Å². The molecule has 1 aliphatic rings. The average molecular weight is 151 g/mol. The van der Waals surface area contributed by atoms with Gasteiger partial charge in [-0.05, 0) is 32.4 Å². The minimum absolute atomic E-state index is 0.0908. The third-order valence-corrected chi connectivity index (χ3v) is 1.87. The van der Waals surface area contributed by atoms with E-state index in [4.69, 9.17) is 0 Å². The van der Waals surface area contributed by atoms with Gasteiger partial charge < -0.3 is 5.32 Å². The van der Waals surface area contributed by atoms with Crippen LogP contribution in [0.2, 0.25) is 0 Å². The molecule has 1 aliphatic heterocycles. The highest BCUT2D eigenvalue weighted by Gasteiger charge is 2.08. The molecule has 2 heteroatoms. The summed E-state index contributed by atoms with van der Waals surface area (Å²) in [7, 11) is 0. The van der Waals surface area contributed by atoms with Gasteiger partial charge in [-0.2, -0.15) is 0 Å². The van der Waals surface area contributed by atoms with Gasteiger partial charge in [0.15, 0.2) is 0 Å². The molecule has 2 nitrogen and oxygen atoms in total. The molecule has 0 aromatic carbocycles. The molecule has 0 aromatic rings. The fourth-order valence-electron chi connectivity index (χ4n) is 1.13. The highest BCUT2D eigenvalue weighted by Crippen LogP contribution is 2.13. The summed E-state index contributed by atoms with van der Waals surface area (Å²) in [6, 6.07) is 0. The maximum absolute atomic E-state index is 11.1. The minimum Gasteiger partial charge on any atom is -0.330 e. The third kappa shape index (κ3) is 1.93. The van der Waals surface area contributed by atoms with Crippen LogP contribution in [-0.4, -0.2) is 5.91 Å². The molecule has 0 bridgehead atoms. The Kier molecular flexibility index (Phi) is 2.13. The molecule has 0 unspecified atom stereocenters. The van der Waals surface area contributed by atoms with Crippen LogP contribution in [0.15, 0.2) is 22.9 Å². The van der Waals surface area contributed by atoms with Gasteiger partial charge in [0.1, 0.15) is 0 Å². The number of hydrogen-bond donors (Lipinski definition) is 1. The Morgan fingerprint density at radius 1 is 1.36 bits per heavy atom. The van der Waals surface area contributed by atoms with E-state index in [1.807, 2.05) is 26.8 Å². The Hall–Kier alpha value is -1.05. The van der Waals surface area contributed by atoms with Crippen molar-refractivity contribution in [2.24, 2.45) is 0 Å². The van der Waals surface area contributed by atoms with Gasteiger partial charge in [-0.15, -0.1) is 0 Å². The molecule has 0 spiro atoms. The van der Waals surface area contributed by atoms with E-state index in [1.54, 1.807) is 0 Å². The summed E-state index contributed by atoms with van der Waals surface area (Å²) in [6.07, 6.45) is 2.53. The zero-order chi connectivity index (χ0) is 8.43. The Morgan fingerprint density at radius 2 is 2.00 bits per heavy atom. The van der Waals surface area contributed by atoms with Crippen molar-refractivity contribution in [3.8, 4) is 0 Å². The van der Waals surface area contributed by atoms with Crippen molar-refractivity contribution in [2.75, 3.05) is 0 Å². The van der Waals surface area contributed by atoms with Crippen LogP contribution in [0.1, 0.15) is 27.2 Å². The molecule has 1 amide bonds. The van der Waals surface area contributed by atoms with E-state index >= 15 is 0 Å². The Labute approximate surface area is 67.0 Å². The number of nitrogens with one attached hydrogen (secondary N) is 1. The lowest BCUT2D eigenvalue weighted by Crippen LogP contribution is -2.19. The standard InChI is InChI=1S/C9H13NO/c1-6-4-8(3)10-9(11)5-7(6)2/h4H,5H2,1-3H3,(H,10,11). The van der Waals surface area contributed by atoms with Crippen LogP contribution >= 0.6 is 0 Å². The summed E-state index contributed by atoms with van der Waals surface area (Å²) < 4.78 is 0. The zero-order valence-electron chi connectivity index (χ0n) is 7.19. The van der Waals surface area contributed by atoms with Crippen molar-refractivity contribution >= 4 is 5.91 Å². The molecule has 0 saturated heterocycles. The van der Waals surface area contributed by atoms with Gasteiger partial charge in [0, 0.05) is 12.1 Å². The molecule has 0 saturated carbocycles. The van der Waals surface area contributed by atoms with Crippen LogP contribution in [0.5, 0.6) is 0 Å². The predicted molar refractivity (Wildman–Crippen MR) is 44.9 cm³/mol. The third-order valence-electron chi connectivity index (χ3n) is 1.87. The van der Waals surface area contributed by atoms with Gasteiger partial charge in [0.05, 0.1) is 0 Å². The Morgan fingerprint density at radius 3 is 2.64 bits per heavy atom. The van der Waals surface area contributed by atoms with Gasteiger partial charge in [-0.3, -0.25) is 4.79 Å². The second kappa shape index (κ2) is 2.91. The fourth-order valence-corrected chi connectivity index (χ4v) is 1.13. The maximum atomic E-state index is 11.1. The summed E-state index contributed by atoms with van der Waals surface area (Å²) in [5.74, 6) is 0.0908. The maximum Gasteiger partial charge on any atom is 0.228 e. The summed E-state index contributed by atoms with van der Waals surface area (Å²) >= 11 is 0. The average Bonchev–Trinajstić information content (AvgIpc) is 1.93. The number of hydrogen-bond acceptors (Lipinski definition) is 1. The van der Waals surface area contributed by atoms with Gasteiger partial charge in [0.2, 0.25) is 5.91 Å². The fraction of sp³-hybridized carbons (Fsp3) is 0.444. The number of carbonyl (C=O) groups excluding carboxylic acids is 1. The van der Waals surface area contributed by atoms with Gasteiger partial charge in [-0.1, -0.05) is 5.57 Å². The van der Waals surface area contributed by atoms with Gasteiger partial charge >= 0.3 is 0 Å². The van der Waals surface area contributed by atoms with E-state index in [0.717, 1.165) is 11.3 Å². The first-order chi connectivity index (χ1) is 5.09. The SMILES string of the molecule is CC1=CC(C)=C(C)CC(=O)N1. The molecular weight excluding hydrogens is 138 g/mol. The van der Waals surface area contributed by atoms with Crippen LogP contribution in [0.3, 0.4) is 0 Å². The van der Waals surface area contributed by atoms with Gasteiger partial charge in [-0.25, -0.2) is 0 Å². The monoisotopic (exact) mass is 151 g/mol. The number of rotatable bonds is 0. The smallest absolute Gasteiger partial charge is 0.228 e. The largest absolute Gasteiger partial charge is 0.330 e. The zero-order valence-corrected chi connectivity index (χ0v) is 7.19. The van der Waals surface area contributed by atoms with Crippen molar-refractivity contribution in [2.45, 2.75) is 27.2 Å². The molecule has 1 N–H and O–H groups in total. The molecule has 0 radical (unpaired) electrons. The summed E-state index contributed by atoms with van der Waals surface area (Å²) in [5, 5.41) is 2.78. The van der Waals surface area contributed by atoms with Crippen LogP contribution in [0.4, 0.5) is 0 Å². The Bertz CT molecular complexity index is 248. The number of allylic oxidation sites excluding steroid dienone is 3. The molecule has 0 atom stereocenters. The minimum atomic E-state index is 0.0908. The van der Waals surface area contributed by atoms with E-state index in [-0.39, 0.29) is 5.91 Å². The van der Waals surface area contributed by atoms with Crippen molar-refractivity contribution in [3.63, 3.8) is 0 Å². The van der Waals surface area contributed by atoms with Crippen molar-refractivity contribution in [3.05, 3.63) is 22.9 Å². The van der Waals surface area contributed by atoms with Gasteiger partial charge in [0.25, 0.3) is 0 Å². The van der Waals surface area contributed by atoms with Crippen LogP contribution in [0, 0.1) is 0 Å². The molecular formula is C9H13NO. The lowest BCUT2D eigenvalue weighted by Gasteiger charge is -1.99. The number of amides is 1. The lowest BCUT2D eigenvalue weighted by molar-refractivity contribution is -0.119. The molecule has 1 rings (SSSR count). The van der Waals surface area contributed by atoms with Crippen molar-refractivity contribution in [1.82, 2.24) is 5.32 Å². The molecule has 11 heavy (non-hydrogen) atoms. The van der Waals surface area contributed by atoms with E-state index in [2.05, 4.69) is 5.32 Å². The second-order valence-electron chi connectivity index (χ2n) is 3.02. The van der Waals surface area contributed by atoms with Crippen LogP contribution in [0.25, 0.3) is 0 Å². The molecule has 0 aromatic heterocycles. The van der Waals surface area contributed by atoms with E-state index < -0.39 is 0 Å². The number of carbonyl (C=O) groups is 1. The molecule has 60 valence electrons. The van der Waals surface area contributed by atoms with Crippen LogP contribution < -0.4 is 5.32 Å². The normalized spacial score (nSPS) is 19.2. The first-order valence-corrected chi connectivity index (χ1v) is 3.74. The molecule has 0 fully saturated rings. The molecule has 0 aliphatic carbocycles. The first kappa shape index (κ1) is 8.05. The quantitative estimate of drug-likeness (QED) is 0.561. The summed E-state index contributed by atoms with van der Waals surface area (Å²) in [6.45, 7) is 5.92. The Balaban J connectivity index is 2.96. The highest BCUT2D eigenvalue weighted by molar-refractivity contribution is 5.81. The summed E-state index contributed by atoms with van der Waals surface area (Å²) in [4.78, 5) is 11.1. The molecule has 1 heterocycles. The second-order valence-corrected chi connectivity index (χ2v) is 3.02. The van der Waals surface area contributed by atoms with E-state index in [1.165, 1.54) is 5.57 Å². The van der Waals surface area contributed by atoms with Crippen molar-refractivity contribution < 1.29 is 4.79 Å². The highest BCUT2D eigenvalue weighted by atomic mass is 16.1. The van der Waals surface area contributed by atoms with Crippen molar-refractivity contribution in [1.29, 1.82) is 0 Å². The predicted octanol–water partition coefficient (Wildman–Crippen LogP) is 1.75. The topological polar surface area (TPSA) is 29.1 Å². The van der Waals surface area contributed by atoms with Crippen LogP contribution in [-0.2, 0) is 4.79 Å². The van der Waals surface area contributed by atoms with E-state index in [0.29, 0.717) is 6.42 Å².